The Morgan fingerprint density at radius 2 is 2.04 bits per heavy atom. The summed E-state index contributed by atoms with van der Waals surface area (Å²) in [7, 11) is 0. The highest BCUT2D eigenvalue weighted by atomic mass is 127. The van der Waals surface area contributed by atoms with Crippen LogP contribution < -0.4 is 0 Å². The molecule has 0 aromatic carbocycles. The number of hydrogen-bond acceptors (Lipinski definition) is 6. The van der Waals surface area contributed by atoms with Crippen LogP contribution in [0.15, 0.2) is 12.3 Å². The number of halogens is 1. The van der Waals surface area contributed by atoms with Gasteiger partial charge in [-0.05, 0) is 42.5 Å². The number of carbonyl (C=O) groups excluding carboxylic acids is 1. The van der Waals surface area contributed by atoms with Gasteiger partial charge in [-0.25, -0.2) is 9.55 Å². The molecule has 4 heterocycles. The third-order valence-electron chi connectivity index (χ3n) is 4.78. The van der Waals surface area contributed by atoms with Gasteiger partial charge in [-0.1, -0.05) is 0 Å². The minimum atomic E-state index is -1.26. The monoisotopic (exact) mass is 437 g/mol. The van der Waals surface area contributed by atoms with Crippen molar-refractivity contribution in [3.05, 3.63) is 32.7 Å². The lowest BCUT2D eigenvalue weighted by Crippen LogP contribution is -2.28. The van der Waals surface area contributed by atoms with Gasteiger partial charge in [0.25, 0.3) is 0 Å². The Morgan fingerprint density at radius 1 is 1.38 bits per heavy atom. The molecule has 0 radical (unpaired) electrons. The molecule has 2 N–H and O–H groups in total. The minimum absolute atomic E-state index is 0.127. The van der Waals surface area contributed by atoms with Crippen LogP contribution in [0, 0.1) is 14.9 Å². The molecule has 2 aromatic heterocycles. The number of rotatable bonds is 1. The Kier molecular flexibility index (Phi) is 2.88. The maximum absolute atomic E-state index is 12.3. The molecule has 2 aliphatic rings. The van der Waals surface area contributed by atoms with Gasteiger partial charge in [-0.15, -0.1) is 0 Å². The predicted octanol–water partition coefficient (Wildman–Crippen LogP) is 2.19. The fourth-order valence-corrected chi connectivity index (χ4v) is 4.30. The first-order chi connectivity index (χ1) is 11.2. The van der Waals surface area contributed by atoms with E-state index in [-0.39, 0.29) is 29.7 Å². The highest BCUT2D eigenvalue weighted by Gasteiger charge is 2.64. The SMILES string of the molecule is C[C@@]12CC(=O)[C@@](C)(O1)c1c2c(O)n(-c2cnc(C#N)c(I)c2)c1O. The van der Waals surface area contributed by atoms with Gasteiger partial charge >= 0.3 is 0 Å². The molecule has 24 heavy (non-hydrogen) atoms. The Hall–Kier alpha value is -2.12. The molecule has 2 bridgehead atoms. The third-order valence-corrected chi connectivity index (χ3v) is 5.60. The average Bonchev–Trinajstić information content (AvgIpc) is 3.01. The second-order valence-electron chi connectivity index (χ2n) is 6.33. The quantitative estimate of drug-likeness (QED) is 0.663. The summed E-state index contributed by atoms with van der Waals surface area (Å²) < 4.78 is 7.67. The molecule has 0 unspecified atom stereocenters. The molecular weight excluding hydrogens is 425 g/mol. The van der Waals surface area contributed by atoms with Crippen molar-refractivity contribution in [1.29, 1.82) is 5.26 Å². The third kappa shape index (κ3) is 1.63. The maximum atomic E-state index is 12.3. The molecule has 4 rings (SSSR count). The first-order valence-corrected chi connectivity index (χ1v) is 8.28. The number of ketones is 1. The Morgan fingerprint density at radius 3 is 2.67 bits per heavy atom. The van der Waals surface area contributed by atoms with Crippen molar-refractivity contribution < 1.29 is 19.7 Å². The van der Waals surface area contributed by atoms with Crippen molar-refractivity contribution in [2.24, 2.45) is 0 Å². The van der Waals surface area contributed by atoms with Crippen LogP contribution in [0.5, 0.6) is 11.8 Å². The van der Waals surface area contributed by atoms with E-state index < -0.39 is 11.2 Å². The van der Waals surface area contributed by atoms with E-state index in [1.807, 2.05) is 28.7 Å². The van der Waals surface area contributed by atoms with Crippen LogP contribution in [0.2, 0.25) is 0 Å². The van der Waals surface area contributed by atoms with E-state index in [2.05, 4.69) is 4.98 Å². The highest BCUT2D eigenvalue weighted by molar-refractivity contribution is 14.1. The fourth-order valence-electron chi connectivity index (χ4n) is 3.73. The standard InChI is InChI=1S/C16H12IN3O4/c1-15-4-10(21)16(2,24-15)12-11(15)13(22)20(14(12)23)7-3-8(17)9(5-18)19-6-7/h3,6,22-23H,4H2,1-2H3/t15-,16+/m0/s1. The van der Waals surface area contributed by atoms with Gasteiger partial charge < -0.3 is 14.9 Å². The summed E-state index contributed by atoms with van der Waals surface area (Å²) in [6, 6.07) is 3.60. The van der Waals surface area contributed by atoms with Crippen molar-refractivity contribution in [2.75, 3.05) is 0 Å². The van der Waals surface area contributed by atoms with Gasteiger partial charge in [0.2, 0.25) is 11.8 Å². The van der Waals surface area contributed by atoms with E-state index in [4.69, 9.17) is 10.00 Å². The summed E-state index contributed by atoms with van der Waals surface area (Å²) in [6.45, 7) is 3.34. The normalized spacial score (nSPS) is 27.3. The Balaban J connectivity index is 2.00. The number of ether oxygens (including phenoxy) is 1. The van der Waals surface area contributed by atoms with E-state index in [9.17, 15) is 15.0 Å². The zero-order chi connectivity index (χ0) is 17.4. The van der Waals surface area contributed by atoms with Crippen LogP contribution in [-0.4, -0.2) is 25.5 Å². The average molecular weight is 437 g/mol. The second kappa shape index (κ2) is 4.49. The van der Waals surface area contributed by atoms with Crippen LogP contribution in [0.4, 0.5) is 0 Å². The van der Waals surface area contributed by atoms with E-state index in [1.54, 1.807) is 19.9 Å². The second-order valence-corrected chi connectivity index (χ2v) is 7.50. The number of hydrogen-bond donors (Lipinski definition) is 2. The lowest BCUT2D eigenvalue weighted by molar-refractivity contribution is -0.133. The smallest absolute Gasteiger partial charge is 0.205 e. The first-order valence-electron chi connectivity index (χ1n) is 7.20. The molecule has 1 fully saturated rings. The number of carbonyl (C=O) groups is 1. The molecule has 0 saturated carbocycles. The van der Waals surface area contributed by atoms with Crippen molar-refractivity contribution >= 4 is 28.4 Å². The number of aromatic nitrogens is 2. The van der Waals surface area contributed by atoms with E-state index in [1.165, 1.54) is 10.8 Å². The van der Waals surface area contributed by atoms with E-state index in [0.29, 0.717) is 20.4 Å². The molecule has 2 aliphatic heterocycles. The Bertz CT molecular complexity index is 977. The molecule has 8 heteroatoms. The maximum Gasteiger partial charge on any atom is 0.205 e. The van der Waals surface area contributed by atoms with Crippen LogP contribution in [0.3, 0.4) is 0 Å². The zero-order valence-electron chi connectivity index (χ0n) is 12.8. The molecule has 0 aliphatic carbocycles. The molecular formula is C16H12IN3O4. The van der Waals surface area contributed by atoms with Gasteiger partial charge in [0.05, 0.1) is 26.6 Å². The number of nitriles is 1. The topological polar surface area (TPSA) is 108 Å². The zero-order valence-corrected chi connectivity index (χ0v) is 14.9. The predicted molar refractivity (Wildman–Crippen MR) is 89.7 cm³/mol. The van der Waals surface area contributed by atoms with Gasteiger partial charge in [0.1, 0.15) is 11.7 Å². The van der Waals surface area contributed by atoms with Gasteiger partial charge in [-0.2, -0.15) is 5.26 Å². The van der Waals surface area contributed by atoms with Crippen molar-refractivity contribution in [3.63, 3.8) is 0 Å². The number of aromatic hydroxyl groups is 2. The summed E-state index contributed by atoms with van der Waals surface area (Å²) in [6.07, 6.45) is 1.54. The van der Waals surface area contributed by atoms with Crippen LogP contribution in [-0.2, 0) is 20.7 Å². The van der Waals surface area contributed by atoms with Crippen LogP contribution in [0.1, 0.15) is 37.1 Å². The molecule has 122 valence electrons. The molecule has 2 atom stereocenters. The van der Waals surface area contributed by atoms with Crippen molar-refractivity contribution in [2.45, 2.75) is 31.5 Å². The largest absolute Gasteiger partial charge is 0.494 e. The van der Waals surface area contributed by atoms with Gasteiger partial charge in [0, 0.05) is 6.42 Å². The number of nitrogens with zero attached hydrogens (tertiary/aromatic N) is 3. The van der Waals surface area contributed by atoms with Crippen molar-refractivity contribution in [1.82, 2.24) is 9.55 Å². The lowest BCUT2D eigenvalue weighted by atomic mass is 9.79. The van der Waals surface area contributed by atoms with Gasteiger partial charge in [0.15, 0.2) is 17.1 Å². The van der Waals surface area contributed by atoms with E-state index >= 15 is 0 Å². The summed E-state index contributed by atoms with van der Waals surface area (Å²) in [4.78, 5) is 16.3. The summed E-state index contributed by atoms with van der Waals surface area (Å²) in [5.74, 6) is -0.551. The van der Waals surface area contributed by atoms with Crippen molar-refractivity contribution in [3.8, 4) is 23.5 Å². The van der Waals surface area contributed by atoms with E-state index in [0.717, 1.165) is 0 Å². The van der Waals surface area contributed by atoms with Crippen LogP contribution >= 0.6 is 22.6 Å². The first kappa shape index (κ1) is 15.4. The fraction of sp³-hybridized carbons (Fsp3) is 0.312. The lowest BCUT2D eigenvalue weighted by Gasteiger charge is -2.19. The summed E-state index contributed by atoms with van der Waals surface area (Å²) in [5, 5.41) is 30.4. The molecule has 7 nitrogen and oxygen atoms in total. The minimum Gasteiger partial charge on any atom is -0.494 e. The van der Waals surface area contributed by atoms with Crippen LogP contribution in [0.25, 0.3) is 5.69 Å². The molecule has 0 spiro atoms. The molecule has 0 amide bonds. The summed E-state index contributed by atoms with van der Waals surface area (Å²) >= 11 is 1.96. The Labute approximate surface area is 150 Å². The summed E-state index contributed by atoms with van der Waals surface area (Å²) in [5.41, 5.74) is -0.817. The highest BCUT2D eigenvalue weighted by Crippen LogP contribution is 2.62. The number of pyridine rings is 1. The molecule has 1 saturated heterocycles. The van der Waals surface area contributed by atoms with Gasteiger partial charge in [-0.3, -0.25) is 4.79 Å². The number of Topliss-reactive ketones (excluding diaryl/α,β-unsaturated/α-hetero) is 1. The number of fused-ring (bicyclic) bond motifs is 5. The molecule has 2 aromatic rings.